The molecule has 0 saturated carbocycles. The van der Waals surface area contributed by atoms with Gasteiger partial charge in [-0.1, -0.05) is 64.0 Å². The van der Waals surface area contributed by atoms with E-state index in [1.165, 1.54) is 44.9 Å². The topological polar surface area (TPSA) is 98.0 Å². The van der Waals surface area contributed by atoms with Gasteiger partial charge in [0.1, 0.15) is 0 Å². The van der Waals surface area contributed by atoms with E-state index in [0.29, 0.717) is 18.5 Å². The van der Waals surface area contributed by atoms with E-state index >= 15 is 0 Å². The minimum Gasteiger partial charge on any atom is -0.380 e. The molecule has 1 aromatic heterocycles. The maximum atomic E-state index is 5.83. The summed E-state index contributed by atoms with van der Waals surface area (Å²) in [6, 6.07) is 7.92. The van der Waals surface area contributed by atoms with Crippen molar-refractivity contribution >= 4 is 23.5 Å². The number of nitrogens with two attached hydrogens (primary N) is 1. The fourth-order valence-electron chi connectivity index (χ4n) is 2.97. The molecule has 7 nitrogen and oxygen atoms in total. The van der Waals surface area contributed by atoms with Crippen LogP contribution in [-0.2, 0) is 11.3 Å². The van der Waals surface area contributed by atoms with E-state index in [9.17, 15) is 0 Å². The highest BCUT2D eigenvalue weighted by Gasteiger charge is 2.05. The highest BCUT2D eigenvalue weighted by atomic mass is 16.5. The smallest absolute Gasteiger partial charge is 0.233 e. The Hall–Kier alpha value is -2.41. The van der Waals surface area contributed by atoms with Gasteiger partial charge in [-0.2, -0.15) is 15.0 Å². The van der Waals surface area contributed by atoms with Crippen molar-refractivity contribution in [3.05, 3.63) is 29.8 Å². The maximum absolute atomic E-state index is 5.83. The minimum absolute atomic E-state index is 0.201. The van der Waals surface area contributed by atoms with Gasteiger partial charge in [0.05, 0.1) is 6.61 Å². The van der Waals surface area contributed by atoms with Crippen molar-refractivity contribution in [2.75, 3.05) is 30.0 Å². The third-order valence-electron chi connectivity index (χ3n) is 4.49. The highest BCUT2D eigenvalue weighted by Crippen LogP contribution is 2.16. The molecule has 154 valence electrons. The Morgan fingerprint density at radius 2 is 1.50 bits per heavy atom. The number of methoxy groups -OCH3 is 1. The fourth-order valence-corrected chi connectivity index (χ4v) is 2.97. The van der Waals surface area contributed by atoms with E-state index in [-0.39, 0.29) is 5.95 Å². The van der Waals surface area contributed by atoms with Crippen molar-refractivity contribution in [2.24, 2.45) is 0 Å². The number of aromatic nitrogens is 3. The van der Waals surface area contributed by atoms with Crippen LogP contribution in [0.1, 0.15) is 63.9 Å². The van der Waals surface area contributed by atoms with E-state index in [1.54, 1.807) is 7.11 Å². The highest BCUT2D eigenvalue weighted by molar-refractivity contribution is 5.55. The van der Waals surface area contributed by atoms with Crippen LogP contribution in [0, 0.1) is 0 Å². The van der Waals surface area contributed by atoms with Crippen molar-refractivity contribution in [3.8, 4) is 0 Å². The number of nitrogens with zero attached hydrogens (tertiary/aromatic N) is 3. The van der Waals surface area contributed by atoms with Crippen LogP contribution in [0.5, 0.6) is 0 Å². The molecule has 0 aliphatic heterocycles. The number of hydrogen-bond donors (Lipinski definition) is 3. The number of nitrogen functional groups attached to an aromatic ring is 1. The van der Waals surface area contributed by atoms with Crippen LogP contribution in [0.4, 0.5) is 23.5 Å². The maximum Gasteiger partial charge on any atom is 0.233 e. The van der Waals surface area contributed by atoms with Crippen LogP contribution in [0.2, 0.25) is 0 Å². The number of anilines is 4. The Morgan fingerprint density at radius 3 is 2.18 bits per heavy atom. The SMILES string of the molecule is CCCCCCCCCCNc1nc(N)nc(Nc2ccc(COC)cc2)n1. The molecule has 0 aliphatic rings. The number of nitrogens with one attached hydrogen (secondary N) is 2. The molecule has 2 aromatic rings. The molecule has 1 heterocycles. The fraction of sp³-hybridized carbons (Fsp3) is 0.571. The van der Waals surface area contributed by atoms with Crippen LogP contribution >= 0.6 is 0 Å². The zero-order valence-electron chi connectivity index (χ0n) is 17.2. The molecule has 0 aliphatic carbocycles. The predicted octanol–water partition coefficient (Wildman–Crippen LogP) is 4.90. The van der Waals surface area contributed by atoms with Gasteiger partial charge in [0.15, 0.2) is 0 Å². The number of ether oxygens (including phenoxy) is 1. The molecule has 0 spiro atoms. The molecule has 0 unspecified atom stereocenters. The number of rotatable bonds is 14. The lowest BCUT2D eigenvalue weighted by Crippen LogP contribution is -2.10. The van der Waals surface area contributed by atoms with Crippen LogP contribution < -0.4 is 16.4 Å². The summed E-state index contributed by atoms with van der Waals surface area (Å²) in [4.78, 5) is 12.7. The molecule has 0 radical (unpaired) electrons. The van der Waals surface area contributed by atoms with E-state index in [4.69, 9.17) is 10.5 Å². The van der Waals surface area contributed by atoms with E-state index in [2.05, 4.69) is 32.5 Å². The van der Waals surface area contributed by atoms with Crippen LogP contribution in [-0.4, -0.2) is 28.6 Å². The molecule has 28 heavy (non-hydrogen) atoms. The Labute approximate surface area is 168 Å². The monoisotopic (exact) mass is 386 g/mol. The lowest BCUT2D eigenvalue weighted by molar-refractivity contribution is 0.185. The summed E-state index contributed by atoms with van der Waals surface area (Å²) >= 11 is 0. The van der Waals surface area contributed by atoms with Crippen LogP contribution in [0.15, 0.2) is 24.3 Å². The van der Waals surface area contributed by atoms with E-state index in [0.717, 1.165) is 24.2 Å². The van der Waals surface area contributed by atoms with E-state index < -0.39 is 0 Å². The first kappa shape index (κ1) is 21.9. The first-order valence-corrected chi connectivity index (χ1v) is 10.3. The first-order valence-electron chi connectivity index (χ1n) is 10.3. The number of hydrogen-bond acceptors (Lipinski definition) is 7. The summed E-state index contributed by atoms with van der Waals surface area (Å²) in [5, 5.41) is 6.42. The Bertz CT molecular complexity index is 677. The van der Waals surface area contributed by atoms with E-state index in [1.807, 2.05) is 24.3 Å². The average Bonchev–Trinajstić information content (AvgIpc) is 2.68. The Balaban J connectivity index is 1.74. The molecule has 0 atom stereocenters. The van der Waals surface area contributed by atoms with Crippen molar-refractivity contribution < 1.29 is 4.74 Å². The second-order valence-electron chi connectivity index (χ2n) is 7.00. The first-order chi connectivity index (χ1) is 13.7. The third-order valence-corrected chi connectivity index (χ3v) is 4.49. The van der Waals surface area contributed by atoms with Gasteiger partial charge >= 0.3 is 0 Å². The second kappa shape index (κ2) is 12.9. The minimum atomic E-state index is 0.201. The molecule has 0 bridgehead atoms. The lowest BCUT2D eigenvalue weighted by Gasteiger charge is -2.09. The lowest BCUT2D eigenvalue weighted by atomic mass is 10.1. The van der Waals surface area contributed by atoms with Gasteiger partial charge in [-0.15, -0.1) is 0 Å². The molecular weight excluding hydrogens is 352 g/mol. The number of benzene rings is 1. The summed E-state index contributed by atoms with van der Waals surface area (Å²) in [6.45, 7) is 3.68. The van der Waals surface area contributed by atoms with Crippen molar-refractivity contribution in [1.29, 1.82) is 0 Å². The zero-order chi connectivity index (χ0) is 20.0. The van der Waals surface area contributed by atoms with Crippen molar-refractivity contribution in [3.63, 3.8) is 0 Å². The van der Waals surface area contributed by atoms with Gasteiger partial charge in [0.2, 0.25) is 17.8 Å². The van der Waals surface area contributed by atoms with Gasteiger partial charge in [-0.3, -0.25) is 0 Å². The summed E-state index contributed by atoms with van der Waals surface area (Å²) < 4.78 is 5.12. The third kappa shape index (κ3) is 8.52. The molecule has 1 aromatic carbocycles. The molecule has 2 rings (SSSR count). The van der Waals surface area contributed by atoms with Gasteiger partial charge in [0.25, 0.3) is 0 Å². The predicted molar refractivity (Wildman–Crippen MR) is 116 cm³/mol. The number of unbranched alkanes of at least 4 members (excludes halogenated alkanes) is 7. The van der Waals surface area contributed by atoms with Crippen molar-refractivity contribution in [1.82, 2.24) is 15.0 Å². The molecule has 0 amide bonds. The van der Waals surface area contributed by atoms with Gasteiger partial charge in [-0.05, 0) is 24.1 Å². The summed E-state index contributed by atoms with van der Waals surface area (Å²) in [5.74, 6) is 1.14. The Kier molecular flexibility index (Phi) is 10.1. The summed E-state index contributed by atoms with van der Waals surface area (Å²) in [7, 11) is 1.68. The second-order valence-corrected chi connectivity index (χ2v) is 7.00. The standard InChI is InChI=1S/C21H34N6O/c1-3-4-5-6-7-8-9-10-15-23-20-25-19(22)26-21(27-20)24-18-13-11-17(12-14-18)16-28-2/h11-14H,3-10,15-16H2,1-2H3,(H4,22,23,24,25,26,27). The average molecular weight is 387 g/mol. The van der Waals surface area contributed by atoms with Gasteiger partial charge in [-0.25, -0.2) is 0 Å². The summed E-state index contributed by atoms with van der Waals surface area (Å²) in [5.41, 5.74) is 7.82. The molecule has 0 fully saturated rings. The zero-order valence-corrected chi connectivity index (χ0v) is 17.2. The van der Waals surface area contributed by atoms with Crippen molar-refractivity contribution in [2.45, 2.75) is 64.9 Å². The molecular formula is C21H34N6O. The van der Waals surface area contributed by atoms with Crippen LogP contribution in [0.25, 0.3) is 0 Å². The molecule has 4 N–H and O–H groups in total. The van der Waals surface area contributed by atoms with Gasteiger partial charge in [0, 0.05) is 19.3 Å². The van der Waals surface area contributed by atoms with Crippen LogP contribution in [0.3, 0.4) is 0 Å². The van der Waals surface area contributed by atoms with Gasteiger partial charge < -0.3 is 21.1 Å². The largest absolute Gasteiger partial charge is 0.380 e. The Morgan fingerprint density at radius 1 is 0.857 bits per heavy atom. The molecule has 7 heteroatoms. The summed E-state index contributed by atoms with van der Waals surface area (Å²) in [6.07, 6.45) is 10.3. The quantitative estimate of drug-likeness (QED) is 0.397. The molecule has 0 saturated heterocycles. The normalized spacial score (nSPS) is 10.8.